The van der Waals surface area contributed by atoms with Crippen LogP contribution in [0.5, 0.6) is 0 Å². The van der Waals surface area contributed by atoms with E-state index in [1.807, 2.05) is 0 Å². The molecule has 1 aromatic carbocycles. The number of nitrogens with one attached hydrogen (secondary N) is 1. The Kier molecular flexibility index (Phi) is 7.34. The minimum absolute atomic E-state index is 0.00323. The summed E-state index contributed by atoms with van der Waals surface area (Å²) in [4.78, 5) is 37.8. The fourth-order valence-electron chi connectivity index (χ4n) is 11.3. The second-order valence-electron chi connectivity index (χ2n) is 17.1. The van der Waals surface area contributed by atoms with Crippen molar-refractivity contribution in [3.8, 4) is 0 Å². The molecule has 6 rings (SSSR count). The van der Waals surface area contributed by atoms with Crippen molar-refractivity contribution < 1.29 is 24.2 Å². The van der Waals surface area contributed by atoms with Crippen LogP contribution in [0.4, 0.5) is 5.69 Å². The van der Waals surface area contributed by atoms with E-state index < -0.39 is 11.4 Å². The third-order valence-corrected chi connectivity index (χ3v) is 14.4. The number of carboxylic acid groups (broad SMARTS) is 1. The Morgan fingerprint density at radius 3 is 2.22 bits per heavy atom. The zero-order valence-corrected chi connectivity index (χ0v) is 28.6. The predicted octanol–water partition coefficient (Wildman–Crippen LogP) is 8.98. The van der Waals surface area contributed by atoms with Crippen molar-refractivity contribution in [1.29, 1.82) is 0 Å². The van der Waals surface area contributed by atoms with E-state index in [1.165, 1.54) is 12.5 Å². The number of ether oxygens (including phenoxy) is 1. The molecule has 6 heteroatoms. The topological polar surface area (TPSA) is 92.7 Å². The number of carboxylic acids is 1. The lowest BCUT2D eigenvalue weighted by molar-refractivity contribution is -0.172. The van der Waals surface area contributed by atoms with Gasteiger partial charge in [0.2, 0.25) is 5.91 Å². The molecular formula is C39H53NO5. The lowest BCUT2D eigenvalue weighted by Gasteiger charge is -2.68. The second-order valence-corrected chi connectivity index (χ2v) is 17.1. The fraction of sp³-hybridized carbons (Fsp3) is 0.667. The average Bonchev–Trinajstić information content (AvgIpc) is 2.96. The minimum atomic E-state index is -1.04. The molecule has 1 unspecified atom stereocenters. The first-order valence-corrected chi connectivity index (χ1v) is 17.2. The molecule has 4 saturated carbocycles. The Hall–Kier alpha value is -2.89. The van der Waals surface area contributed by atoms with Gasteiger partial charge in [0.15, 0.2) is 0 Å². The third kappa shape index (κ3) is 4.58. The van der Waals surface area contributed by atoms with Crippen LogP contribution >= 0.6 is 0 Å². The largest absolute Gasteiger partial charge is 0.478 e. The number of hydrogen-bond acceptors (Lipinski definition) is 4. The smallest absolute Gasteiger partial charge is 0.337 e. The second kappa shape index (κ2) is 10.3. The standard InChI is InChI=1S/C39H53NO5/c1-24(41)45-31-16-17-37(6)29(34(31,2)3)15-18-39(8)30(37)14-13-26-27-23-36(5,20-19-35(27,4)21-22-38(26,39)7)33(44)40-28-12-10-9-11-25(28)32(42)43/h9-14,27,29,31H,15-23H2,1-8H3,(H,40,44)(H,42,43)/t27-,29-,31-,35+,36?,37-,38+,39+/m0/s1. The summed E-state index contributed by atoms with van der Waals surface area (Å²) in [5.74, 6) is -0.579. The first kappa shape index (κ1) is 32.1. The highest BCUT2D eigenvalue weighted by Gasteiger charge is 2.66. The van der Waals surface area contributed by atoms with Gasteiger partial charge in [0.25, 0.3) is 0 Å². The number of allylic oxidation sites excluding steroid dienone is 4. The molecule has 0 heterocycles. The minimum Gasteiger partial charge on any atom is -0.478 e. The molecule has 244 valence electrons. The van der Waals surface area contributed by atoms with Crippen LogP contribution in [0.15, 0.2) is 47.6 Å². The molecular weight excluding hydrogens is 562 g/mol. The van der Waals surface area contributed by atoms with Crippen LogP contribution < -0.4 is 5.32 Å². The lowest BCUT2D eigenvalue weighted by atomic mass is 9.36. The number of aromatic carboxylic acids is 1. The van der Waals surface area contributed by atoms with Crippen LogP contribution in [0, 0.1) is 44.3 Å². The van der Waals surface area contributed by atoms with Crippen molar-refractivity contribution in [3.63, 3.8) is 0 Å². The normalized spacial score (nSPS) is 41.6. The first-order valence-electron chi connectivity index (χ1n) is 17.2. The Bertz CT molecular complexity index is 1510. The number of carbonyl (C=O) groups excluding carboxylic acids is 2. The molecule has 8 atom stereocenters. The summed E-state index contributed by atoms with van der Waals surface area (Å²) < 4.78 is 5.90. The van der Waals surface area contributed by atoms with E-state index >= 15 is 0 Å². The maximum atomic E-state index is 14.0. The number of para-hydroxylation sites is 1. The molecule has 2 N–H and O–H groups in total. The van der Waals surface area contributed by atoms with Gasteiger partial charge in [-0.25, -0.2) is 4.79 Å². The highest BCUT2D eigenvalue weighted by molar-refractivity contribution is 6.02. The summed E-state index contributed by atoms with van der Waals surface area (Å²) in [6.45, 7) is 18.2. The molecule has 1 amide bonds. The molecule has 5 aliphatic rings. The molecule has 0 spiro atoms. The number of carbonyl (C=O) groups is 3. The molecule has 1 aromatic rings. The number of esters is 1. The third-order valence-electron chi connectivity index (χ3n) is 14.4. The summed E-state index contributed by atoms with van der Waals surface area (Å²) in [5.41, 5.74) is 3.08. The van der Waals surface area contributed by atoms with Crippen molar-refractivity contribution >= 4 is 23.5 Å². The van der Waals surface area contributed by atoms with Gasteiger partial charge < -0.3 is 15.2 Å². The van der Waals surface area contributed by atoms with Crippen molar-refractivity contribution in [2.45, 2.75) is 119 Å². The van der Waals surface area contributed by atoms with Gasteiger partial charge in [-0.2, -0.15) is 0 Å². The molecule has 5 aliphatic carbocycles. The number of anilines is 1. The van der Waals surface area contributed by atoms with Crippen molar-refractivity contribution in [2.24, 2.45) is 44.3 Å². The van der Waals surface area contributed by atoms with Gasteiger partial charge in [-0.05, 0) is 103 Å². The molecule has 0 aromatic heterocycles. The van der Waals surface area contributed by atoms with Crippen LogP contribution in [0.3, 0.4) is 0 Å². The Labute approximate surface area is 269 Å². The zero-order valence-electron chi connectivity index (χ0n) is 28.6. The van der Waals surface area contributed by atoms with Crippen LogP contribution in [-0.4, -0.2) is 29.1 Å². The lowest BCUT2D eigenvalue weighted by Crippen LogP contribution is -2.61. The first-order chi connectivity index (χ1) is 20.9. The van der Waals surface area contributed by atoms with Crippen LogP contribution in [-0.2, 0) is 14.3 Å². The van der Waals surface area contributed by atoms with Gasteiger partial charge in [-0.15, -0.1) is 0 Å². The molecule has 0 saturated heterocycles. The Morgan fingerprint density at radius 1 is 0.844 bits per heavy atom. The van der Waals surface area contributed by atoms with Crippen molar-refractivity contribution in [1.82, 2.24) is 0 Å². The predicted molar refractivity (Wildman–Crippen MR) is 177 cm³/mol. The summed E-state index contributed by atoms with van der Waals surface area (Å²) in [6, 6.07) is 6.69. The monoisotopic (exact) mass is 615 g/mol. The summed E-state index contributed by atoms with van der Waals surface area (Å²) in [5, 5.41) is 12.7. The Balaban J connectivity index is 1.35. The number of amides is 1. The maximum absolute atomic E-state index is 14.0. The zero-order chi connectivity index (χ0) is 32.8. The van der Waals surface area contributed by atoms with E-state index in [1.54, 1.807) is 29.8 Å². The summed E-state index contributed by atoms with van der Waals surface area (Å²) in [7, 11) is 0. The van der Waals surface area contributed by atoms with E-state index in [0.717, 1.165) is 57.8 Å². The van der Waals surface area contributed by atoms with Gasteiger partial charge >= 0.3 is 11.9 Å². The SMILES string of the molecule is CC(=O)O[C@H]1CC[C@]2(C)C3=CC=C4[C@@H]5CC(C)(C(=O)Nc6ccccc6C(=O)O)CC[C@]5(C)CC[C@@]4(C)[C@]3(C)CC[C@H]2C1(C)C. The van der Waals surface area contributed by atoms with Gasteiger partial charge in [0.05, 0.1) is 11.3 Å². The van der Waals surface area contributed by atoms with E-state index in [2.05, 4.69) is 65.9 Å². The molecule has 6 nitrogen and oxygen atoms in total. The van der Waals surface area contributed by atoms with Gasteiger partial charge in [0, 0.05) is 17.8 Å². The van der Waals surface area contributed by atoms with Crippen LogP contribution in [0.25, 0.3) is 0 Å². The van der Waals surface area contributed by atoms with E-state index in [-0.39, 0.29) is 56.5 Å². The maximum Gasteiger partial charge on any atom is 0.337 e. The van der Waals surface area contributed by atoms with Crippen molar-refractivity contribution in [3.05, 3.63) is 53.1 Å². The summed E-state index contributed by atoms with van der Waals surface area (Å²) >= 11 is 0. The number of rotatable bonds is 4. The van der Waals surface area contributed by atoms with Crippen LogP contribution in [0.1, 0.15) is 124 Å². The van der Waals surface area contributed by atoms with E-state index in [0.29, 0.717) is 11.6 Å². The number of hydrogen-bond donors (Lipinski definition) is 2. The average molecular weight is 616 g/mol. The molecule has 0 aliphatic heterocycles. The van der Waals surface area contributed by atoms with E-state index in [4.69, 9.17) is 4.74 Å². The number of benzene rings is 1. The van der Waals surface area contributed by atoms with Gasteiger partial charge in [-0.3, -0.25) is 9.59 Å². The Morgan fingerprint density at radius 2 is 1.53 bits per heavy atom. The number of fused-ring (bicyclic) bond motifs is 7. The quantitative estimate of drug-likeness (QED) is 0.330. The van der Waals surface area contributed by atoms with Crippen molar-refractivity contribution in [2.75, 3.05) is 5.32 Å². The molecule has 4 fully saturated rings. The van der Waals surface area contributed by atoms with Crippen LogP contribution in [0.2, 0.25) is 0 Å². The molecule has 45 heavy (non-hydrogen) atoms. The highest BCUT2D eigenvalue weighted by Crippen LogP contribution is 2.74. The summed E-state index contributed by atoms with van der Waals surface area (Å²) in [6.07, 6.45) is 13.9. The highest BCUT2D eigenvalue weighted by atomic mass is 16.5. The fourth-order valence-corrected chi connectivity index (χ4v) is 11.3. The molecule has 0 radical (unpaired) electrons. The molecule has 0 bridgehead atoms. The van der Waals surface area contributed by atoms with E-state index in [9.17, 15) is 19.5 Å². The van der Waals surface area contributed by atoms with Gasteiger partial charge in [0.1, 0.15) is 6.10 Å². The van der Waals surface area contributed by atoms with Gasteiger partial charge in [-0.1, -0.05) is 83.9 Å².